The summed E-state index contributed by atoms with van der Waals surface area (Å²) in [5.41, 5.74) is 0.417. The Balaban J connectivity index is 2.18. The molecule has 0 bridgehead atoms. The molecule has 20 heavy (non-hydrogen) atoms. The molecule has 1 amide bonds. The molecule has 0 saturated carbocycles. The first-order valence-electron chi connectivity index (χ1n) is 6.38. The third kappa shape index (κ3) is 3.19. The average molecular weight is 298 g/mol. The van der Waals surface area contributed by atoms with Crippen molar-refractivity contribution in [1.82, 2.24) is 9.88 Å². The number of pyridine rings is 1. The summed E-state index contributed by atoms with van der Waals surface area (Å²) < 4.78 is 0. The number of nitrogens with one attached hydrogen (secondary N) is 1. The van der Waals surface area contributed by atoms with Crippen molar-refractivity contribution in [3.05, 3.63) is 22.8 Å². The highest BCUT2D eigenvalue weighted by molar-refractivity contribution is 6.29. The highest BCUT2D eigenvalue weighted by atomic mass is 35.5. The first kappa shape index (κ1) is 14.6. The topological polar surface area (TPSA) is 82.5 Å². The minimum Gasteiger partial charge on any atom is -0.481 e. The molecule has 108 valence electrons. The van der Waals surface area contributed by atoms with Gasteiger partial charge in [0.15, 0.2) is 0 Å². The van der Waals surface area contributed by atoms with Crippen molar-refractivity contribution >= 4 is 29.3 Å². The quantitative estimate of drug-likeness (QED) is 0.830. The van der Waals surface area contributed by atoms with Gasteiger partial charge in [-0.25, -0.2) is 4.98 Å². The lowest BCUT2D eigenvalue weighted by atomic mass is 9.98. The van der Waals surface area contributed by atoms with Gasteiger partial charge in [-0.2, -0.15) is 0 Å². The zero-order valence-electron chi connectivity index (χ0n) is 11.1. The predicted molar refractivity (Wildman–Crippen MR) is 75.1 cm³/mol. The Bertz CT molecular complexity index is 536. The smallest absolute Gasteiger partial charge is 0.308 e. The van der Waals surface area contributed by atoms with E-state index in [1.807, 2.05) is 0 Å². The Labute approximate surface area is 121 Å². The molecule has 0 spiro atoms. The highest BCUT2D eigenvalue weighted by Crippen LogP contribution is 2.21. The lowest BCUT2D eigenvalue weighted by molar-refractivity contribution is -0.143. The summed E-state index contributed by atoms with van der Waals surface area (Å²) >= 11 is 5.87. The monoisotopic (exact) mass is 297 g/mol. The number of rotatable bonds is 3. The predicted octanol–water partition coefficient (Wildman–Crippen LogP) is 1.71. The zero-order chi connectivity index (χ0) is 14.7. The number of hydrogen-bond donors (Lipinski definition) is 2. The maximum absolute atomic E-state index is 12.4. The number of aromatic nitrogens is 1. The SMILES string of the molecule is CNc1cc(C(=O)N2CCCC(C(=O)O)C2)cc(Cl)n1. The van der Waals surface area contributed by atoms with Crippen molar-refractivity contribution in [2.24, 2.45) is 5.92 Å². The van der Waals surface area contributed by atoms with Gasteiger partial charge in [-0.15, -0.1) is 0 Å². The van der Waals surface area contributed by atoms with Crippen LogP contribution < -0.4 is 5.32 Å². The molecule has 2 rings (SSSR count). The lowest BCUT2D eigenvalue weighted by Crippen LogP contribution is -2.42. The third-order valence-electron chi connectivity index (χ3n) is 3.36. The molecule has 2 N–H and O–H groups in total. The Kier molecular flexibility index (Phi) is 4.44. The lowest BCUT2D eigenvalue weighted by Gasteiger charge is -2.30. The van der Waals surface area contributed by atoms with Crippen LogP contribution in [-0.2, 0) is 4.79 Å². The molecule has 1 aromatic rings. The van der Waals surface area contributed by atoms with Crippen molar-refractivity contribution in [2.45, 2.75) is 12.8 Å². The Hall–Kier alpha value is -1.82. The van der Waals surface area contributed by atoms with Gasteiger partial charge in [-0.05, 0) is 25.0 Å². The summed E-state index contributed by atoms with van der Waals surface area (Å²) in [5, 5.41) is 12.1. The second kappa shape index (κ2) is 6.09. The number of halogens is 1. The van der Waals surface area contributed by atoms with Gasteiger partial charge in [-0.1, -0.05) is 11.6 Å². The van der Waals surface area contributed by atoms with Crippen LogP contribution in [0.15, 0.2) is 12.1 Å². The third-order valence-corrected chi connectivity index (χ3v) is 3.55. The molecule has 0 aromatic carbocycles. The summed E-state index contributed by atoms with van der Waals surface area (Å²) in [4.78, 5) is 29.0. The van der Waals surface area contributed by atoms with Gasteiger partial charge < -0.3 is 15.3 Å². The highest BCUT2D eigenvalue weighted by Gasteiger charge is 2.28. The molecule has 1 unspecified atom stereocenters. The van der Waals surface area contributed by atoms with Crippen molar-refractivity contribution in [2.75, 3.05) is 25.5 Å². The van der Waals surface area contributed by atoms with Gasteiger partial charge in [0.05, 0.1) is 5.92 Å². The van der Waals surface area contributed by atoms with Crippen LogP contribution in [0.5, 0.6) is 0 Å². The van der Waals surface area contributed by atoms with E-state index in [1.54, 1.807) is 18.0 Å². The minimum absolute atomic E-state index is 0.211. The Morgan fingerprint density at radius 2 is 2.25 bits per heavy atom. The molecule has 1 atom stereocenters. The van der Waals surface area contributed by atoms with Gasteiger partial charge in [0.1, 0.15) is 11.0 Å². The van der Waals surface area contributed by atoms with E-state index in [0.29, 0.717) is 30.8 Å². The minimum atomic E-state index is -0.855. The summed E-state index contributed by atoms with van der Waals surface area (Å²) in [6.45, 7) is 0.806. The zero-order valence-corrected chi connectivity index (χ0v) is 11.9. The van der Waals surface area contributed by atoms with E-state index in [9.17, 15) is 9.59 Å². The molecular formula is C13H16ClN3O3. The van der Waals surface area contributed by atoms with Crippen LogP contribution in [0.1, 0.15) is 23.2 Å². The number of carboxylic acid groups (broad SMARTS) is 1. The van der Waals surface area contributed by atoms with Crippen LogP contribution in [0.3, 0.4) is 0 Å². The van der Waals surface area contributed by atoms with Gasteiger partial charge in [-0.3, -0.25) is 9.59 Å². The van der Waals surface area contributed by atoms with Crippen LogP contribution in [-0.4, -0.2) is 47.0 Å². The van der Waals surface area contributed by atoms with E-state index in [4.69, 9.17) is 16.7 Å². The van der Waals surface area contributed by atoms with E-state index >= 15 is 0 Å². The van der Waals surface area contributed by atoms with Crippen molar-refractivity contribution in [1.29, 1.82) is 0 Å². The number of carbonyl (C=O) groups excluding carboxylic acids is 1. The first-order chi connectivity index (χ1) is 9.51. The van der Waals surface area contributed by atoms with Crippen molar-refractivity contribution in [3.8, 4) is 0 Å². The van der Waals surface area contributed by atoms with Crippen LogP contribution in [0.2, 0.25) is 5.15 Å². The number of carboxylic acids is 1. The fraction of sp³-hybridized carbons (Fsp3) is 0.462. The fourth-order valence-corrected chi connectivity index (χ4v) is 2.50. The maximum atomic E-state index is 12.4. The van der Waals surface area contributed by atoms with Crippen LogP contribution in [0, 0.1) is 5.92 Å². The number of carbonyl (C=O) groups is 2. The summed E-state index contributed by atoms with van der Waals surface area (Å²) in [6.07, 6.45) is 1.30. The van der Waals surface area contributed by atoms with Crippen molar-refractivity contribution in [3.63, 3.8) is 0 Å². The molecular weight excluding hydrogens is 282 g/mol. The first-order valence-corrected chi connectivity index (χ1v) is 6.76. The van der Waals surface area contributed by atoms with E-state index in [1.165, 1.54) is 6.07 Å². The van der Waals surface area contributed by atoms with E-state index < -0.39 is 11.9 Å². The Morgan fingerprint density at radius 1 is 1.50 bits per heavy atom. The average Bonchev–Trinajstić information content (AvgIpc) is 2.45. The standard InChI is InChI=1S/C13H16ClN3O3/c1-15-11-6-9(5-10(14)16-11)12(18)17-4-2-3-8(7-17)13(19)20/h5-6,8H,2-4,7H2,1H3,(H,15,16)(H,19,20). The van der Waals surface area contributed by atoms with E-state index in [0.717, 1.165) is 0 Å². The summed E-state index contributed by atoms with van der Waals surface area (Å²) in [7, 11) is 1.69. The molecule has 1 aliphatic rings. The number of likely N-dealkylation sites (tertiary alicyclic amines) is 1. The number of amides is 1. The summed E-state index contributed by atoms with van der Waals surface area (Å²) in [5.74, 6) is -1.05. The Morgan fingerprint density at radius 3 is 2.90 bits per heavy atom. The van der Waals surface area contributed by atoms with Crippen LogP contribution in [0.4, 0.5) is 5.82 Å². The van der Waals surface area contributed by atoms with Gasteiger partial charge in [0, 0.05) is 25.7 Å². The molecule has 0 aliphatic carbocycles. The number of aliphatic carboxylic acids is 1. The van der Waals surface area contributed by atoms with Gasteiger partial charge in [0.2, 0.25) is 0 Å². The second-order valence-corrected chi connectivity index (χ2v) is 5.13. The number of anilines is 1. The van der Waals surface area contributed by atoms with E-state index in [2.05, 4.69) is 10.3 Å². The molecule has 1 aromatic heterocycles. The van der Waals surface area contributed by atoms with E-state index in [-0.39, 0.29) is 17.6 Å². The van der Waals surface area contributed by atoms with Crippen LogP contribution >= 0.6 is 11.6 Å². The largest absolute Gasteiger partial charge is 0.481 e. The fourth-order valence-electron chi connectivity index (χ4n) is 2.29. The molecule has 7 heteroatoms. The van der Waals surface area contributed by atoms with Crippen LogP contribution in [0.25, 0.3) is 0 Å². The second-order valence-electron chi connectivity index (χ2n) is 4.74. The molecule has 2 heterocycles. The number of hydrogen-bond acceptors (Lipinski definition) is 4. The number of piperidine rings is 1. The van der Waals surface area contributed by atoms with Crippen molar-refractivity contribution < 1.29 is 14.7 Å². The van der Waals surface area contributed by atoms with Gasteiger partial charge in [0.25, 0.3) is 5.91 Å². The molecule has 1 aliphatic heterocycles. The number of nitrogens with zero attached hydrogens (tertiary/aromatic N) is 2. The molecule has 0 radical (unpaired) electrons. The summed E-state index contributed by atoms with van der Waals surface area (Å²) in [6, 6.07) is 3.10. The maximum Gasteiger partial charge on any atom is 0.308 e. The molecule has 1 fully saturated rings. The van der Waals surface area contributed by atoms with Gasteiger partial charge >= 0.3 is 5.97 Å². The molecule has 6 nitrogen and oxygen atoms in total. The normalized spacial score (nSPS) is 18.7. The molecule has 1 saturated heterocycles.